The van der Waals surface area contributed by atoms with Crippen LogP contribution in [0.25, 0.3) is 11.3 Å². The lowest BCUT2D eigenvalue weighted by atomic mass is 9.76. The molecular formula is C31H35ClN4O5. The van der Waals surface area contributed by atoms with Gasteiger partial charge in [-0.15, -0.1) is 0 Å². The number of carbonyl (C=O) groups excluding carboxylic acids is 3. The maximum absolute atomic E-state index is 13.9. The van der Waals surface area contributed by atoms with Crippen LogP contribution >= 0.6 is 11.6 Å². The van der Waals surface area contributed by atoms with Crippen molar-refractivity contribution < 1.29 is 23.9 Å². The first kappa shape index (κ1) is 28.8. The van der Waals surface area contributed by atoms with Crippen LogP contribution in [-0.4, -0.2) is 76.3 Å². The topological polar surface area (TPSA) is 94.0 Å². The molecule has 1 atom stereocenters. The summed E-state index contributed by atoms with van der Waals surface area (Å²) in [4.78, 5) is 43.2. The van der Waals surface area contributed by atoms with Crippen molar-refractivity contribution in [3.63, 3.8) is 0 Å². The third-order valence-electron chi connectivity index (χ3n) is 8.08. The molecule has 2 aliphatic heterocycles. The lowest BCUT2D eigenvalue weighted by Crippen LogP contribution is -2.46. The zero-order valence-corrected chi connectivity index (χ0v) is 24.2. The zero-order chi connectivity index (χ0) is 29.0. The minimum Gasteiger partial charge on any atom is -0.464 e. The molecule has 10 heteroatoms. The average molecular weight is 579 g/mol. The Balaban J connectivity index is 1.25. The summed E-state index contributed by atoms with van der Waals surface area (Å²) in [6, 6.07) is 18.1. The van der Waals surface area contributed by atoms with Crippen LogP contribution in [-0.2, 0) is 32.7 Å². The lowest BCUT2D eigenvalue weighted by Gasteiger charge is -2.39. The van der Waals surface area contributed by atoms with Gasteiger partial charge in [0, 0.05) is 37.3 Å². The quantitative estimate of drug-likeness (QED) is 0.369. The van der Waals surface area contributed by atoms with Gasteiger partial charge in [-0.05, 0) is 55.4 Å². The number of amides is 2. The Bertz CT molecular complexity index is 1380. The third kappa shape index (κ3) is 6.47. The van der Waals surface area contributed by atoms with Crippen molar-refractivity contribution in [3.8, 4) is 11.3 Å². The number of ether oxygens (including phenoxy) is 2. The fourth-order valence-corrected chi connectivity index (χ4v) is 5.94. The summed E-state index contributed by atoms with van der Waals surface area (Å²) in [6.07, 6.45) is 1.89. The number of halogens is 1. The van der Waals surface area contributed by atoms with E-state index in [0.29, 0.717) is 61.9 Å². The number of aromatic nitrogens is 2. The largest absolute Gasteiger partial charge is 0.464 e. The van der Waals surface area contributed by atoms with E-state index in [1.165, 1.54) is 0 Å². The standard InChI is InChI=1S/C31H35ClN4O5/c1-3-41-30(39)27-18-31(13-15-35(16-14-31)28(37)20-40-19-22-7-5-4-6-8-22)21-36(27)29(38)26-17-25(33-34(26)2)23-9-11-24(32)12-10-23/h4-12,17,27H,3,13-16,18-21H2,1-2H3. The van der Waals surface area contributed by atoms with Crippen LogP contribution in [0.4, 0.5) is 0 Å². The van der Waals surface area contributed by atoms with Crippen LogP contribution in [0.5, 0.6) is 0 Å². The number of hydrogen-bond donors (Lipinski definition) is 0. The van der Waals surface area contributed by atoms with E-state index in [2.05, 4.69) is 5.10 Å². The van der Waals surface area contributed by atoms with Gasteiger partial charge in [0.15, 0.2) is 0 Å². The summed E-state index contributed by atoms with van der Waals surface area (Å²) in [5.41, 5.74) is 2.63. The summed E-state index contributed by atoms with van der Waals surface area (Å²) in [5, 5.41) is 5.16. The number of carbonyl (C=O) groups is 3. The fraction of sp³-hybridized carbons (Fsp3) is 0.419. The number of piperidine rings is 1. The fourth-order valence-electron chi connectivity index (χ4n) is 5.81. The van der Waals surface area contributed by atoms with Crippen LogP contribution in [0.15, 0.2) is 60.7 Å². The maximum Gasteiger partial charge on any atom is 0.328 e. The summed E-state index contributed by atoms with van der Waals surface area (Å²) < 4.78 is 12.6. The number of nitrogens with zero attached hydrogens (tertiary/aromatic N) is 4. The highest BCUT2D eigenvalue weighted by molar-refractivity contribution is 6.30. The smallest absolute Gasteiger partial charge is 0.328 e. The van der Waals surface area contributed by atoms with Crippen LogP contribution in [0.2, 0.25) is 5.02 Å². The number of aryl methyl sites for hydroxylation is 1. The summed E-state index contributed by atoms with van der Waals surface area (Å²) in [6.45, 7) is 3.93. The van der Waals surface area contributed by atoms with Crippen molar-refractivity contribution in [1.29, 1.82) is 0 Å². The minimum absolute atomic E-state index is 0.0222. The number of rotatable bonds is 8. The second-order valence-electron chi connectivity index (χ2n) is 10.8. The third-order valence-corrected chi connectivity index (χ3v) is 8.33. The number of benzene rings is 2. The predicted octanol–water partition coefficient (Wildman–Crippen LogP) is 4.34. The zero-order valence-electron chi connectivity index (χ0n) is 23.4. The van der Waals surface area contributed by atoms with E-state index in [4.69, 9.17) is 21.1 Å². The van der Waals surface area contributed by atoms with Gasteiger partial charge in [0.25, 0.3) is 5.91 Å². The predicted molar refractivity (Wildman–Crippen MR) is 154 cm³/mol. The minimum atomic E-state index is -0.687. The van der Waals surface area contributed by atoms with Crippen molar-refractivity contribution >= 4 is 29.4 Å². The number of likely N-dealkylation sites (tertiary alicyclic amines) is 2. The molecule has 1 aromatic heterocycles. The molecule has 2 fully saturated rings. The normalized spacial score (nSPS) is 18.1. The highest BCUT2D eigenvalue weighted by Crippen LogP contribution is 2.44. The van der Waals surface area contributed by atoms with E-state index >= 15 is 0 Å². The van der Waals surface area contributed by atoms with E-state index in [1.54, 1.807) is 41.8 Å². The van der Waals surface area contributed by atoms with Crippen molar-refractivity contribution in [2.24, 2.45) is 12.5 Å². The van der Waals surface area contributed by atoms with Gasteiger partial charge >= 0.3 is 5.97 Å². The highest BCUT2D eigenvalue weighted by atomic mass is 35.5. The second-order valence-corrected chi connectivity index (χ2v) is 11.2. The molecule has 0 aliphatic carbocycles. The molecule has 0 bridgehead atoms. The van der Waals surface area contributed by atoms with Crippen molar-refractivity contribution in [3.05, 3.63) is 76.9 Å². The summed E-state index contributed by atoms with van der Waals surface area (Å²) in [7, 11) is 1.72. The van der Waals surface area contributed by atoms with Gasteiger partial charge in [0.05, 0.1) is 18.9 Å². The Hall–Kier alpha value is -3.69. The Labute approximate surface area is 245 Å². The highest BCUT2D eigenvalue weighted by Gasteiger charge is 2.51. The molecule has 1 unspecified atom stereocenters. The van der Waals surface area contributed by atoms with Gasteiger partial charge in [0.1, 0.15) is 18.3 Å². The van der Waals surface area contributed by atoms with E-state index in [1.807, 2.05) is 47.4 Å². The number of esters is 1. The van der Waals surface area contributed by atoms with E-state index < -0.39 is 12.0 Å². The first-order valence-corrected chi connectivity index (χ1v) is 14.3. The van der Waals surface area contributed by atoms with Gasteiger partial charge in [-0.3, -0.25) is 14.3 Å². The van der Waals surface area contributed by atoms with Crippen LogP contribution in [0.3, 0.4) is 0 Å². The molecule has 2 aliphatic rings. The van der Waals surface area contributed by atoms with Gasteiger partial charge in [0.2, 0.25) is 5.91 Å². The summed E-state index contributed by atoms with van der Waals surface area (Å²) in [5.74, 6) is -0.707. The lowest BCUT2D eigenvalue weighted by molar-refractivity contribution is -0.148. The molecule has 0 saturated carbocycles. The molecule has 2 amide bonds. The molecular weight excluding hydrogens is 544 g/mol. The summed E-state index contributed by atoms with van der Waals surface area (Å²) >= 11 is 6.03. The molecule has 2 saturated heterocycles. The van der Waals surface area contributed by atoms with Gasteiger partial charge in [-0.2, -0.15) is 5.10 Å². The van der Waals surface area contributed by atoms with Crippen molar-refractivity contribution in [2.75, 3.05) is 32.8 Å². The van der Waals surface area contributed by atoms with Gasteiger partial charge in [-0.25, -0.2) is 4.79 Å². The molecule has 41 heavy (non-hydrogen) atoms. The SMILES string of the molecule is CCOC(=O)C1CC2(CCN(C(=O)COCc3ccccc3)CC2)CN1C(=O)c1cc(-c2ccc(Cl)cc2)nn1C. The van der Waals surface area contributed by atoms with Crippen LogP contribution < -0.4 is 0 Å². The average Bonchev–Trinajstić information content (AvgIpc) is 3.55. The van der Waals surface area contributed by atoms with E-state index in [9.17, 15) is 14.4 Å². The molecule has 5 rings (SSSR count). The molecule has 216 valence electrons. The van der Waals surface area contributed by atoms with Crippen molar-refractivity contribution in [1.82, 2.24) is 19.6 Å². The van der Waals surface area contributed by atoms with E-state index in [0.717, 1.165) is 11.1 Å². The molecule has 2 aromatic carbocycles. The Morgan fingerprint density at radius 2 is 1.76 bits per heavy atom. The van der Waals surface area contributed by atoms with Crippen LogP contribution in [0.1, 0.15) is 42.2 Å². The Morgan fingerprint density at radius 1 is 1.05 bits per heavy atom. The van der Waals surface area contributed by atoms with Crippen LogP contribution in [0, 0.1) is 5.41 Å². The van der Waals surface area contributed by atoms with Gasteiger partial charge in [-0.1, -0.05) is 54.1 Å². The number of hydrogen-bond acceptors (Lipinski definition) is 6. The first-order chi connectivity index (χ1) is 19.8. The Kier molecular flexibility index (Phi) is 8.75. The molecule has 0 N–H and O–H groups in total. The van der Waals surface area contributed by atoms with Crippen molar-refractivity contribution in [2.45, 2.75) is 38.8 Å². The van der Waals surface area contributed by atoms with Gasteiger partial charge < -0.3 is 19.3 Å². The first-order valence-electron chi connectivity index (χ1n) is 14.0. The molecule has 0 radical (unpaired) electrons. The van der Waals surface area contributed by atoms with E-state index in [-0.39, 0.29) is 30.4 Å². The Morgan fingerprint density at radius 3 is 2.44 bits per heavy atom. The molecule has 3 heterocycles. The molecule has 1 spiro atoms. The maximum atomic E-state index is 13.9. The second kappa shape index (κ2) is 12.4. The molecule has 3 aromatic rings. The molecule has 9 nitrogen and oxygen atoms in total. The monoisotopic (exact) mass is 578 g/mol.